The number of carbonyl (C=O) groups excluding carboxylic acids is 1. The number of methoxy groups -OCH3 is 2. The molecular weight excluding hydrogens is 382 g/mol. The fourth-order valence-electron chi connectivity index (χ4n) is 3.09. The summed E-state index contributed by atoms with van der Waals surface area (Å²) in [5.41, 5.74) is 3.10. The van der Waals surface area contributed by atoms with Gasteiger partial charge in [-0.05, 0) is 49.4 Å². The van der Waals surface area contributed by atoms with Gasteiger partial charge in [-0.15, -0.1) is 13.2 Å². The highest BCUT2D eigenvalue weighted by Crippen LogP contribution is 2.28. The molecule has 2 aromatic carbocycles. The number of ketones is 1. The molecule has 0 heterocycles. The lowest BCUT2D eigenvalue weighted by Crippen LogP contribution is -2.31. The molecule has 0 N–H and O–H groups in total. The Bertz CT molecular complexity index is 817. The van der Waals surface area contributed by atoms with Gasteiger partial charge in [-0.25, -0.2) is 0 Å². The first-order valence-electron chi connectivity index (χ1n) is 9.87. The Labute approximate surface area is 178 Å². The molecule has 0 amide bonds. The van der Waals surface area contributed by atoms with Crippen molar-refractivity contribution in [3.8, 4) is 11.5 Å². The van der Waals surface area contributed by atoms with E-state index in [1.165, 1.54) is 25.3 Å². The third-order valence-corrected chi connectivity index (χ3v) is 4.76. The highest BCUT2D eigenvalue weighted by Gasteiger charge is 2.29. The van der Waals surface area contributed by atoms with Crippen molar-refractivity contribution in [2.24, 2.45) is 0 Å². The fourth-order valence-corrected chi connectivity index (χ4v) is 3.09. The predicted molar refractivity (Wildman–Crippen MR) is 119 cm³/mol. The first kappa shape index (κ1) is 24.9. The van der Waals surface area contributed by atoms with Crippen LogP contribution in [-0.2, 0) is 17.6 Å². The van der Waals surface area contributed by atoms with Crippen molar-refractivity contribution < 1.29 is 19.2 Å². The minimum absolute atomic E-state index is 0.0458. The van der Waals surface area contributed by atoms with E-state index in [4.69, 9.17) is 9.47 Å². The number of nitrogens with zero attached hydrogens (tertiary/aromatic N) is 1. The molecule has 0 aliphatic rings. The number of ether oxygens (including phenoxy) is 2. The monoisotopic (exact) mass is 413 g/mol. The zero-order valence-electron chi connectivity index (χ0n) is 18.1. The molecule has 1 unspecified atom stereocenters. The van der Waals surface area contributed by atoms with E-state index < -0.39 is 11.0 Å². The number of aryl methyl sites for hydroxylation is 2. The SMILES string of the molecule is C=C.COc1ccc(CC(C(=O)CCCCc2ccc(C)cc2)[N+](=O)[O-])cc1OC. The third-order valence-electron chi connectivity index (χ3n) is 4.76. The van der Waals surface area contributed by atoms with Crippen LogP contribution in [0.2, 0.25) is 0 Å². The molecule has 2 rings (SSSR count). The van der Waals surface area contributed by atoms with Gasteiger partial charge in [0.05, 0.1) is 14.2 Å². The number of benzene rings is 2. The smallest absolute Gasteiger partial charge is 0.274 e. The summed E-state index contributed by atoms with van der Waals surface area (Å²) in [6.07, 6.45) is 2.60. The summed E-state index contributed by atoms with van der Waals surface area (Å²) in [5.74, 6) is 0.711. The average Bonchev–Trinajstić information content (AvgIpc) is 2.77. The van der Waals surface area contributed by atoms with Crippen molar-refractivity contribution in [2.75, 3.05) is 14.2 Å². The number of hydrogen-bond acceptors (Lipinski definition) is 5. The van der Waals surface area contributed by atoms with Crippen LogP contribution in [0.25, 0.3) is 0 Å². The average molecular weight is 414 g/mol. The number of hydrogen-bond donors (Lipinski definition) is 0. The molecule has 2 aromatic rings. The van der Waals surface area contributed by atoms with Crippen LogP contribution in [0.15, 0.2) is 55.6 Å². The van der Waals surface area contributed by atoms with Crippen molar-refractivity contribution >= 4 is 5.78 Å². The minimum Gasteiger partial charge on any atom is -0.493 e. The summed E-state index contributed by atoms with van der Waals surface area (Å²) in [5, 5.41) is 11.4. The summed E-state index contributed by atoms with van der Waals surface area (Å²) in [7, 11) is 3.03. The zero-order valence-corrected chi connectivity index (χ0v) is 18.1. The highest BCUT2D eigenvalue weighted by atomic mass is 16.6. The molecule has 0 aliphatic heterocycles. The van der Waals surface area contributed by atoms with Crippen molar-refractivity contribution in [1.82, 2.24) is 0 Å². The van der Waals surface area contributed by atoms with Gasteiger partial charge in [0, 0.05) is 17.8 Å². The van der Waals surface area contributed by atoms with Gasteiger partial charge in [0.1, 0.15) is 0 Å². The molecule has 30 heavy (non-hydrogen) atoms. The quantitative estimate of drug-likeness (QED) is 0.225. The van der Waals surface area contributed by atoms with Crippen LogP contribution in [0, 0.1) is 17.0 Å². The van der Waals surface area contributed by atoms with Gasteiger partial charge in [0.2, 0.25) is 5.78 Å². The van der Waals surface area contributed by atoms with E-state index in [9.17, 15) is 14.9 Å². The summed E-state index contributed by atoms with van der Waals surface area (Å²) in [6.45, 7) is 8.04. The van der Waals surface area contributed by atoms with Crippen LogP contribution in [-0.4, -0.2) is 31.0 Å². The van der Waals surface area contributed by atoms with E-state index in [2.05, 4.69) is 37.4 Å². The highest BCUT2D eigenvalue weighted by molar-refractivity contribution is 5.83. The van der Waals surface area contributed by atoms with Crippen LogP contribution in [0.4, 0.5) is 0 Å². The van der Waals surface area contributed by atoms with Crippen LogP contribution < -0.4 is 9.47 Å². The Morgan fingerprint density at radius 2 is 1.60 bits per heavy atom. The van der Waals surface area contributed by atoms with E-state index >= 15 is 0 Å². The Balaban J connectivity index is 0.00000218. The Hall–Kier alpha value is -3.15. The van der Waals surface area contributed by atoms with Crippen molar-refractivity contribution in [1.29, 1.82) is 0 Å². The van der Waals surface area contributed by atoms with Crippen molar-refractivity contribution in [2.45, 2.75) is 45.1 Å². The van der Waals surface area contributed by atoms with E-state index in [0.29, 0.717) is 23.5 Å². The van der Waals surface area contributed by atoms with E-state index in [1.807, 2.05) is 6.92 Å². The van der Waals surface area contributed by atoms with E-state index in [-0.39, 0.29) is 18.6 Å². The Morgan fingerprint density at radius 1 is 1.00 bits per heavy atom. The zero-order chi connectivity index (χ0) is 22.5. The molecule has 0 saturated heterocycles. The first-order chi connectivity index (χ1) is 14.4. The molecular formula is C24H31NO5. The van der Waals surface area contributed by atoms with Crippen LogP contribution in [0.5, 0.6) is 11.5 Å². The van der Waals surface area contributed by atoms with Gasteiger partial charge < -0.3 is 9.47 Å². The second-order valence-corrected chi connectivity index (χ2v) is 6.85. The number of nitro groups is 1. The first-order valence-corrected chi connectivity index (χ1v) is 9.87. The van der Waals surface area contributed by atoms with Gasteiger partial charge in [-0.1, -0.05) is 35.9 Å². The second kappa shape index (κ2) is 13.1. The topological polar surface area (TPSA) is 78.7 Å². The number of unbranched alkanes of at least 4 members (excludes halogenated alkanes) is 1. The minimum atomic E-state index is -1.24. The fraction of sp³-hybridized carbons (Fsp3) is 0.375. The second-order valence-electron chi connectivity index (χ2n) is 6.85. The molecule has 1 atom stereocenters. The van der Waals surface area contributed by atoms with Crippen molar-refractivity contribution in [3.63, 3.8) is 0 Å². The lowest BCUT2D eigenvalue weighted by molar-refractivity contribution is -0.507. The lowest BCUT2D eigenvalue weighted by Gasteiger charge is -2.12. The van der Waals surface area contributed by atoms with Crippen molar-refractivity contribution in [3.05, 3.63) is 82.4 Å². The van der Waals surface area contributed by atoms with Gasteiger partial charge in [0.15, 0.2) is 11.5 Å². The van der Waals surface area contributed by atoms with E-state index in [0.717, 1.165) is 12.8 Å². The standard InChI is InChI=1S/C22H27NO5.C2H4/c1-16-8-10-17(11-9-16)6-4-5-7-20(24)19(23(25)26)14-18-12-13-21(27-2)22(15-18)28-3;1-2/h8-13,15,19H,4-7,14H2,1-3H3;1-2H2. The van der Waals surface area contributed by atoms with Crippen LogP contribution >= 0.6 is 0 Å². The molecule has 0 radical (unpaired) electrons. The maximum absolute atomic E-state index is 12.4. The molecule has 0 fully saturated rings. The lowest BCUT2D eigenvalue weighted by atomic mass is 9.98. The molecule has 0 aromatic heterocycles. The molecule has 6 nitrogen and oxygen atoms in total. The van der Waals surface area contributed by atoms with E-state index in [1.54, 1.807) is 18.2 Å². The number of Topliss-reactive ketones (excluding diaryl/α,β-unsaturated/α-hetero) is 1. The largest absolute Gasteiger partial charge is 0.493 e. The molecule has 0 spiro atoms. The van der Waals surface area contributed by atoms with Gasteiger partial charge in [-0.3, -0.25) is 14.9 Å². The van der Waals surface area contributed by atoms with Crippen LogP contribution in [0.3, 0.4) is 0 Å². The molecule has 0 bridgehead atoms. The third kappa shape index (κ3) is 7.70. The molecule has 162 valence electrons. The maximum atomic E-state index is 12.4. The molecule has 6 heteroatoms. The molecule has 0 aliphatic carbocycles. The maximum Gasteiger partial charge on any atom is 0.274 e. The summed E-state index contributed by atoms with van der Waals surface area (Å²) in [6, 6.07) is 12.1. The predicted octanol–water partition coefficient (Wildman–Crippen LogP) is 4.98. The van der Waals surface area contributed by atoms with Gasteiger partial charge in [0.25, 0.3) is 6.04 Å². The summed E-state index contributed by atoms with van der Waals surface area (Å²) >= 11 is 0. The number of rotatable bonds is 11. The summed E-state index contributed by atoms with van der Waals surface area (Å²) in [4.78, 5) is 23.4. The molecule has 0 saturated carbocycles. The number of carbonyl (C=O) groups is 1. The van der Waals surface area contributed by atoms with Gasteiger partial charge in [-0.2, -0.15) is 0 Å². The van der Waals surface area contributed by atoms with Gasteiger partial charge >= 0.3 is 0 Å². The summed E-state index contributed by atoms with van der Waals surface area (Å²) < 4.78 is 10.4. The normalized spacial score (nSPS) is 11.0. The Morgan fingerprint density at radius 3 is 2.17 bits per heavy atom. The van der Waals surface area contributed by atoms with Crippen LogP contribution in [0.1, 0.15) is 36.0 Å². The Kier molecular flexibility index (Phi) is 10.9.